The van der Waals surface area contributed by atoms with Gasteiger partial charge in [0.2, 0.25) is 0 Å². The van der Waals surface area contributed by atoms with Gasteiger partial charge in [-0.3, -0.25) is 4.98 Å². The van der Waals surface area contributed by atoms with Crippen LogP contribution in [0, 0.1) is 6.92 Å². The minimum Gasteiger partial charge on any atom is -0.478 e. The number of nitrogens with zero attached hydrogens (tertiary/aromatic N) is 1. The first-order chi connectivity index (χ1) is 12.6. The summed E-state index contributed by atoms with van der Waals surface area (Å²) in [5.74, 6) is -0.0135. The zero-order valence-electron chi connectivity index (χ0n) is 17.0. The van der Waals surface area contributed by atoms with Crippen molar-refractivity contribution in [3.05, 3.63) is 64.0 Å². The number of pyridine rings is 1. The van der Waals surface area contributed by atoms with Crippen molar-refractivity contribution in [1.82, 2.24) is 4.98 Å². The Bertz CT molecular complexity index is 909. The van der Waals surface area contributed by atoms with E-state index in [1.807, 2.05) is 6.07 Å². The average molecular weight is 364 g/mol. The summed E-state index contributed by atoms with van der Waals surface area (Å²) in [6, 6.07) is 8.46. The topological polar surface area (TPSA) is 50.2 Å². The Balaban J connectivity index is 1.67. The van der Waals surface area contributed by atoms with Crippen LogP contribution in [0.25, 0.3) is 0 Å². The first kappa shape index (κ1) is 18.2. The van der Waals surface area contributed by atoms with Crippen molar-refractivity contribution in [3.8, 4) is 0 Å². The number of aromatic carboxylic acids is 1. The van der Waals surface area contributed by atoms with Gasteiger partial charge in [0, 0.05) is 17.8 Å². The molecule has 1 heterocycles. The number of hydrogen-bond donors (Lipinski definition) is 1. The van der Waals surface area contributed by atoms with Crippen molar-refractivity contribution in [3.63, 3.8) is 0 Å². The van der Waals surface area contributed by atoms with Gasteiger partial charge in [-0.1, -0.05) is 39.8 Å². The SMILES string of the molecule is Cc1cc2c(cc1C1CC1c1ccc(C(=O)O)cn1)C(C)(C)CCC2(C)C. The summed E-state index contributed by atoms with van der Waals surface area (Å²) in [6.07, 6.45) is 5.04. The predicted octanol–water partition coefficient (Wildman–Crippen LogP) is 5.71. The summed E-state index contributed by atoms with van der Waals surface area (Å²) in [7, 11) is 0. The third kappa shape index (κ3) is 3.07. The fourth-order valence-electron chi connectivity index (χ4n) is 4.76. The van der Waals surface area contributed by atoms with Crippen LogP contribution in [0.1, 0.15) is 97.1 Å². The van der Waals surface area contributed by atoms with Gasteiger partial charge in [-0.2, -0.15) is 0 Å². The van der Waals surface area contributed by atoms with E-state index in [4.69, 9.17) is 5.11 Å². The number of rotatable bonds is 3. The fraction of sp³-hybridized carbons (Fsp3) is 0.500. The maximum absolute atomic E-state index is 11.0. The van der Waals surface area contributed by atoms with Crippen molar-refractivity contribution in [2.24, 2.45) is 0 Å². The van der Waals surface area contributed by atoms with Gasteiger partial charge in [-0.25, -0.2) is 4.79 Å². The number of carboxylic acid groups (broad SMARTS) is 1. The molecule has 0 bridgehead atoms. The molecule has 0 spiro atoms. The second kappa shape index (κ2) is 5.92. The molecule has 1 N–H and O–H groups in total. The van der Waals surface area contributed by atoms with Crippen molar-refractivity contribution in [2.75, 3.05) is 0 Å². The summed E-state index contributed by atoms with van der Waals surface area (Å²) in [4.78, 5) is 15.5. The second-order valence-corrected chi connectivity index (χ2v) is 9.75. The molecule has 142 valence electrons. The van der Waals surface area contributed by atoms with Crippen molar-refractivity contribution < 1.29 is 9.90 Å². The van der Waals surface area contributed by atoms with Crippen molar-refractivity contribution >= 4 is 5.97 Å². The quantitative estimate of drug-likeness (QED) is 0.760. The van der Waals surface area contributed by atoms with Gasteiger partial charge in [0.15, 0.2) is 0 Å². The van der Waals surface area contributed by atoms with Crippen LogP contribution in [0.3, 0.4) is 0 Å². The summed E-state index contributed by atoms with van der Waals surface area (Å²) in [5, 5.41) is 9.06. The number of fused-ring (bicyclic) bond motifs is 1. The minimum atomic E-state index is -0.920. The summed E-state index contributed by atoms with van der Waals surface area (Å²) in [6.45, 7) is 11.7. The molecule has 0 aliphatic heterocycles. The van der Waals surface area contributed by atoms with Gasteiger partial charge in [0.25, 0.3) is 0 Å². The number of hydrogen-bond acceptors (Lipinski definition) is 2. The molecule has 1 aromatic carbocycles. The lowest BCUT2D eigenvalue weighted by atomic mass is 9.62. The van der Waals surface area contributed by atoms with Crippen LogP contribution in [0.4, 0.5) is 0 Å². The fourth-order valence-corrected chi connectivity index (χ4v) is 4.76. The van der Waals surface area contributed by atoms with Crippen molar-refractivity contribution in [2.45, 2.75) is 76.5 Å². The van der Waals surface area contributed by atoms with Crippen molar-refractivity contribution in [1.29, 1.82) is 0 Å². The molecule has 0 saturated heterocycles. The molecule has 2 unspecified atom stereocenters. The van der Waals surface area contributed by atoms with E-state index in [0.717, 1.165) is 12.1 Å². The molecule has 2 aromatic rings. The molecule has 2 aliphatic carbocycles. The maximum Gasteiger partial charge on any atom is 0.337 e. The number of aromatic nitrogens is 1. The molecule has 27 heavy (non-hydrogen) atoms. The first-order valence-corrected chi connectivity index (χ1v) is 9.95. The van der Waals surface area contributed by atoms with Gasteiger partial charge < -0.3 is 5.11 Å². The highest BCUT2D eigenvalue weighted by Gasteiger charge is 2.43. The van der Waals surface area contributed by atoms with Gasteiger partial charge in [-0.05, 0) is 77.3 Å². The highest BCUT2D eigenvalue weighted by molar-refractivity contribution is 5.87. The summed E-state index contributed by atoms with van der Waals surface area (Å²) in [5.41, 5.74) is 7.60. The second-order valence-electron chi connectivity index (χ2n) is 9.75. The number of carbonyl (C=O) groups is 1. The Labute approximate surface area is 161 Å². The Morgan fingerprint density at radius 3 is 2.22 bits per heavy atom. The van der Waals surface area contributed by atoms with E-state index in [-0.39, 0.29) is 16.4 Å². The minimum absolute atomic E-state index is 0.221. The Kier molecular flexibility index (Phi) is 3.99. The molecule has 1 fully saturated rings. The zero-order valence-corrected chi connectivity index (χ0v) is 17.0. The molecule has 0 amide bonds. The Morgan fingerprint density at radius 2 is 1.67 bits per heavy atom. The van der Waals surface area contributed by atoms with Crippen LogP contribution in [-0.4, -0.2) is 16.1 Å². The lowest BCUT2D eigenvalue weighted by Crippen LogP contribution is -2.34. The third-order valence-corrected chi connectivity index (χ3v) is 6.84. The molecular formula is C24H29NO2. The molecule has 1 aromatic heterocycles. The zero-order chi connectivity index (χ0) is 19.6. The van der Waals surface area contributed by atoms with Crippen LogP contribution in [0.15, 0.2) is 30.5 Å². The van der Waals surface area contributed by atoms with E-state index in [2.05, 4.69) is 51.7 Å². The number of aryl methyl sites for hydroxylation is 1. The molecule has 3 heteroatoms. The monoisotopic (exact) mass is 363 g/mol. The molecular weight excluding hydrogens is 334 g/mol. The van der Waals surface area contributed by atoms with E-state index < -0.39 is 5.97 Å². The van der Waals surface area contributed by atoms with Gasteiger partial charge >= 0.3 is 5.97 Å². The van der Waals surface area contributed by atoms with E-state index in [0.29, 0.717) is 11.8 Å². The Morgan fingerprint density at radius 1 is 1.04 bits per heavy atom. The summed E-state index contributed by atoms with van der Waals surface area (Å²) >= 11 is 0. The lowest BCUT2D eigenvalue weighted by Gasteiger charge is -2.42. The van der Waals surface area contributed by atoms with E-state index in [9.17, 15) is 4.79 Å². The van der Waals surface area contributed by atoms with Crippen LogP contribution in [0.2, 0.25) is 0 Å². The molecule has 1 saturated carbocycles. The number of benzene rings is 1. The van der Waals surface area contributed by atoms with Gasteiger partial charge in [0.05, 0.1) is 5.56 Å². The maximum atomic E-state index is 11.0. The first-order valence-electron chi connectivity index (χ1n) is 9.95. The normalized spacial score (nSPS) is 24.9. The molecule has 0 radical (unpaired) electrons. The van der Waals surface area contributed by atoms with E-state index in [1.54, 1.807) is 6.07 Å². The van der Waals surface area contributed by atoms with Crippen LogP contribution in [0.5, 0.6) is 0 Å². The smallest absolute Gasteiger partial charge is 0.337 e. The van der Waals surface area contributed by atoms with E-state index >= 15 is 0 Å². The van der Waals surface area contributed by atoms with Gasteiger partial charge in [-0.15, -0.1) is 0 Å². The average Bonchev–Trinajstić information content (AvgIpc) is 3.39. The lowest BCUT2D eigenvalue weighted by molar-refractivity contribution is 0.0696. The largest absolute Gasteiger partial charge is 0.478 e. The van der Waals surface area contributed by atoms with Gasteiger partial charge in [0.1, 0.15) is 0 Å². The van der Waals surface area contributed by atoms with Crippen LogP contribution < -0.4 is 0 Å². The molecule has 2 atom stereocenters. The number of carboxylic acids is 1. The van der Waals surface area contributed by atoms with Crippen LogP contribution >= 0.6 is 0 Å². The van der Waals surface area contributed by atoms with E-state index in [1.165, 1.54) is 41.3 Å². The summed E-state index contributed by atoms with van der Waals surface area (Å²) < 4.78 is 0. The third-order valence-electron chi connectivity index (χ3n) is 6.84. The molecule has 3 nitrogen and oxygen atoms in total. The molecule has 4 rings (SSSR count). The highest BCUT2D eigenvalue weighted by atomic mass is 16.4. The Hall–Kier alpha value is -2.16. The van der Waals surface area contributed by atoms with Crippen LogP contribution in [-0.2, 0) is 10.8 Å². The predicted molar refractivity (Wildman–Crippen MR) is 108 cm³/mol. The standard InChI is InChI=1S/C24H29NO2/c1-14-10-19-20(24(4,5)9-8-23(19,2)3)12-16(14)17-11-18(17)21-7-6-15(13-25-21)22(26)27/h6-7,10,12-13,17-18H,8-9,11H2,1-5H3,(H,26,27). The molecule has 2 aliphatic rings. The highest BCUT2D eigenvalue weighted by Crippen LogP contribution is 2.56.